The first-order valence-corrected chi connectivity index (χ1v) is 8.46. The molecule has 0 radical (unpaired) electrons. The number of ether oxygens (including phenoxy) is 3. The maximum absolute atomic E-state index is 12.6. The molecule has 10 nitrogen and oxygen atoms in total. The van der Waals surface area contributed by atoms with Crippen LogP contribution in [0.15, 0.2) is 18.2 Å². The molecule has 1 saturated heterocycles. The van der Waals surface area contributed by atoms with Crippen LogP contribution in [0.1, 0.15) is 22.6 Å². The van der Waals surface area contributed by atoms with Gasteiger partial charge in [-0.1, -0.05) is 5.21 Å². The second-order valence-electron chi connectivity index (χ2n) is 6.41. The molecule has 142 valence electrons. The van der Waals surface area contributed by atoms with Crippen LogP contribution in [-0.2, 0) is 9.53 Å². The van der Waals surface area contributed by atoms with Crippen LogP contribution < -0.4 is 14.8 Å². The molecule has 1 unspecified atom stereocenters. The van der Waals surface area contributed by atoms with Gasteiger partial charge in [0.25, 0.3) is 5.91 Å². The van der Waals surface area contributed by atoms with Crippen molar-refractivity contribution in [2.24, 2.45) is 0 Å². The van der Waals surface area contributed by atoms with E-state index in [9.17, 15) is 14.7 Å². The van der Waals surface area contributed by atoms with Gasteiger partial charge in [0.05, 0.1) is 18.0 Å². The van der Waals surface area contributed by atoms with E-state index in [-0.39, 0.29) is 25.3 Å². The second-order valence-corrected chi connectivity index (χ2v) is 6.41. The number of nitrogens with zero attached hydrogens (tertiary/aromatic N) is 3. The summed E-state index contributed by atoms with van der Waals surface area (Å²) in [6.07, 6.45) is 0.198. The van der Waals surface area contributed by atoms with Crippen molar-refractivity contribution in [1.29, 1.82) is 0 Å². The molecule has 2 aliphatic rings. The number of amides is 1. The van der Waals surface area contributed by atoms with Gasteiger partial charge in [0.1, 0.15) is 13.2 Å². The van der Waals surface area contributed by atoms with Crippen LogP contribution in [0.2, 0.25) is 0 Å². The molecule has 2 N–H and O–H groups in total. The highest BCUT2D eigenvalue weighted by Gasteiger charge is 2.44. The second kappa shape index (κ2) is 6.54. The molecular weight excluding hydrogens is 356 g/mol. The molecule has 1 atom stereocenters. The van der Waals surface area contributed by atoms with Crippen molar-refractivity contribution < 1.29 is 28.9 Å². The molecule has 2 aliphatic heterocycles. The smallest absolute Gasteiger partial charge is 0.331 e. The number of hydrogen-bond acceptors (Lipinski definition) is 7. The van der Waals surface area contributed by atoms with Crippen LogP contribution >= 0.6 is 0 Å². The van der Waals surface area contributed by atoms with E-state index in [1.165, 1.54) is 4.68 Å². The molecule has 0 saturated carbocycles. The van der Waals surface area contributed by atoms with Crippen molar-refractivity contribution in [2.45, 2.75) is 18.9 Å². The molecule has 0 aliphatic carbocycles. The van der Waals surface area contributed by atoms with Gasteiger partial charge in [-0.25, -0.2) is 9.48 Å². The van der Waals surface area contributed by atoms with E-state index in [1.54, 1.807) is 25.1 Å². The van der Waals surface area contributed by atoms with Gasteiger partial charge in [-0.3, -0.25) is 4.79 Å². The highest BCUT2D eigenvalue weighted by atomic mass is 16.6. The summed E-state index contributed by atoms with van der Waals surface area (Å²) in [7, 11) is 0. The number of benzene rings is 1. The van der Waals surface area contributed by atoms with Crippen molar-refractivity contribution in [2.75, 3.05) is 26.4 Å². The number of aromatic nitrogens is 3. The predicted octanol–water partition coefficient (Wildman–Crippen LogP) is 0.320. The topological polar surface area (TPSA) is 125 Å². The van der Waals surface area contributed by atoms with Crippen molar-refractivity contribution in [3.05, 3.63) is 29.6 Å². The first-order chi connectivity index (χ1) is 13.0. The third-order valence-electron chi connectivity index (χ3n) is 4.66. The quantitative estimate of drug-likeness (QED) is 0.784. The number of carbonyl (C=O) groups is 2. The summed E-state index contributed by atoms with van der Waals surface area (Å²) >= 11 is 0. The van der Waals surface area contributed by atoms with Crippen molar-refractivity contribution in [3.63, 3.8) is 0 Å². The zero-order chi connectivity index (χ0) is 19.0. The van der Waals surface area contributed by atoms with Crippen LogP contribution in [0.3, 0.4) is 0 Å². The average molecular weight is 374 g/mol. The summed E-state index contributed by atoms with van der Waals surface area (Å²) in [6.45, 7) is 2.83. The van der Waals surface area contributed by atoms with Gasteiger partial charge in [0.2, 0.25) is 0 Å². The maximum Gasteiger partial charge on any atom is 0.331 e. The Labute approximate surface area is 154 Å². The minimum atomic E-state index is -1.44. The van der Waals surface area contributed by atoms with Crippen molar-refractivity contribution >= 4 is 11.9 Å². The Morgan fingerprint density at radius 2 is 2.00 bits per heavy atom. The van der Waals surface area contributed by atoms with Crippen molar-refractivity contribution in [1.82, 2.24) is 20.3 Å². The lowest BCUT2D eigenvalue weighted by molar-refractivity contribution is -0.144. The van der Waals surface area contributed by atoms with E-state index in [0.29, 0.717) is 36.1 Å². The molecular formula is C17H18N4O6. The van der Waals surface area contributed by atoms with Gasteiger partial charge in [0, 0.05) is 19.1 Å². The molecule has 1 amide bonds. The van der Waals surface area contributed by atoms with Crippen LogP contribution in [-0.4, -0.2) is 63.9 Å². The normalized spacial score (nSPS) is 21.1. The van der Waals surface area contributed by atoms with Gasteiger partial charge < -0.3 is 24.6 Å². The zero-order valence-electron chi connectivity index (χ0n) is 14.6. The van der Waals surface area contributed by atoms with E-state index < -0.39 is 17.4 Å². The van der Waals surface area contributed by atoms with Gasteiger partial charge in [-0.05, 0) is 19.1 Å². The number of carboxylic acids is 1. The average Bonchev–Trinajstić information content (AvgIpc) is 3.29. The van der Waals surface area contributed by atoms with E-state index in [4.69, 9.17) is 14.2 Å². The van der Waals surface area contributed by atoms with Gasteiger partial charge in [0.15, 0.2) is 22.7 Å². The SMILES string of the molecule is Cc1c(C(=O)NC2(C(=O)O)CCOC2)nnn1-c1ccc2c(c1)OCCO2. The minimum absolute atomic E-state index is 0.0532. The lowest BCUT2D eigenvalue weighted by atomic mass is 9.99. The lowest BCUT2D eigenvalue weighted by Gasteiger charge is -2.23. The Morgan fingerprint density at radius 3 is 2.70 bits per heavy atom. The summed E-state index contributed by atoms with van der Waals surface area (Å²) in [5, 5.41) is 20.0. The fourth-order valence-electron chi connectivity index (χ4n) is 3.11. The molecule has 10 heteroatoms. The Balaban J connectivity index is 1.60. The van der Waals surface area contributed by atoms with Gasteiger partial charge >= 0.3 is 5.97 Å². The first-order valence-electron chi connectivity index (χ1n) is 8.46. The van der Waals surface area contributed by atoms with Crippen LogP contribution in [0.4, 0.5) is 0 Å². The zero-order valence-corrected chi connectivity index (χ0v) is 14.6. The number of carbonyl (C=O) groups excluding carboxylic acids is 1. The highest BCUT2D eigenvalue weighted by Crippen LogP contribution is 2.32. The number of rotatable bonds is 4. The fourth-order valence-corrected chi connectivity index (χ4v) is 3.11. The molecule has 4 rings (SSSR count). The number of aliphatic carboxylic acids is 1. The predicted molar refractivity (Wildman–Crippen MR) is 90.4 cm³/mol. The molecule has 3 heterocycles. The van der Waals surface area contributed by atoms with E-state index >= 15 is 0 Å². The molecule has 2 aromatic rings. The Hall–Kier alpha value is -3.14. The minimum Gasteiger partial charge on any atom is -0.486 e. The Bertz CT molecular complexity index is 903. The number of carboxylic acid groups (broad SMARTS) is 1. The summed E-state index contributed by atoms with van der Waals surface area (Å²) < 4.78 is 17.7. The Kier molecular flexibility index (Phi) is 4.19. The number of nitrogens with one attached hydrogen (secondary N) is 1. The third-order valence-corrected chi connectivity index (χ3v) is 4.66. The van der Waals surface area contributed by atoms with E-state index in [1.807, 2.05) is 0 Å². The molecule has 1 aromatic heterocycles. The number of hydrogen-bond donors (Lipinski definition) is 2. The molecule has 0 spiro atoms. The van der Waals surface area contributed by atoms with E-state index in [0.717, 1.165) is 0 Å². The Morgan fingerprint density at radius 1 is 1.22 bits per heavy atom. The summed E-state index contributed by atoms with van der Waals surface area (Å²) in [5.74, 6) is -0.507. The number of fused-ring (bicyclic) bond motifs is 1. The standard InChI is InChI=1S/C17H18N4O6/c1-10-14(15(22)18-17(16(23)24)4-5-25-9-17)19-20-21(10)11-2-3-12-13(8-11)27-7-6-26-12/h2-3,8H,4-7,9H2,1H3,(H,18,22)(H,23,24). The van der Waals surface area contributed by atoms with Gasteiger partial charge in [-0.2, -0.15) is 0 Å². The van der Waals surface area contributed by atoms with E-state index in [2.05, 4.69) is 15.6 Å². The third kappa shape index (κ3) is 2.97. The fraction of sp³-hybridized carbons (Fsp3) is 0.412. The summed E-state index contributed by atoms with van der Waals surface area (Å²) in [5.41, 5.74) is -0.258. The largest absolute Gasteiger partial charge is 0.486 e. The van der Waals surface area contributed by atoms with Crippen LogP contribution in [0, 0.1) is 6.92 Å². The van der Waals surface area contributed by atoms with Crippen LogP contribution in [0.5, 0.6) is 11.5 Å². The monoisotopic (exact) mass is 374 g/mol. The molecule has 1 aromatic carbocycles. The highest BCUT2D eigenvalue weighted by molar-refractivity contribution is 5.97. The maximum atomic E-state index is 12.6. The van der Waals surface area contributed by atoms with Crippen LogP contribution in [0.25, 0.3) is 5.69 Å². The molecule has 1 fully saturated rings. The lowest BCUT2D eigenvalue weighted by Crippen LogP contribution is -2.55. The molecule has 0 bridgehead atoms. The van der Waals surface area contributed by atoms with Crippen molar-refractivity contribution in [3.8, 4) is 17.2 Å². The molecule has 27 heavy (non-hydrogen) atoms. The summed E-state index contributed by atoms with van der Waals surface area (Å²) in [4.78, 5) is 24.2. The van der Waals surface area contributed by atoms with Gasteiger partial charge in [-0.15, -0.1) is 5.10 Å². The summed E-state index contributed by atoms with van der Waals surface area (Å²) in [6, 6.07) is 5.29. The first kappa shape index (κ1) is 17.3.